The maximum absolute atomic E-state index is 13.4. The van der Waals surface area contributed by atoms with Crippen molar-refractivity contribution in [3.05, 3.63) is 77.3 Å². The van der Waals surface area contributed by atoms with Gasteiger partial charge in [0.05, 0.1) is 28.0 Å². The lowest BCUT2D eigenvalue weighted by atomic mass is 9.99. The molecule has 1 N–H and O–H groups in total. The van der Waals surface area contributed by atoms with Crippen molar-refractivity contribution in [2.45, 2.75) is 38.5 Å². The zero-order chi connectivity index (χ0) is 27.2. The van der Waals surface area contributed by atoms with Crippen molar-refractivity contribution in [1.29, 1.82) is 5.26 Å². The molecule has 1 saturated heterocycles. The maximum Gasteiger partial charge on any atom is 0.303 e. The third-order valence-corrected chi connectivity index (χ3v) is 7.08. The average molecular weight is 523 g/mol. The van der Waals surface area contributed by atoms with Crippen LogP contribution < -0.4 is 4.90 Å². The summed E-state index contributed by atoms with van der Waals surface area (Å²) in [5, 5.41) is 18.4. The molecule has 1 amide bonds. The molecule has 9 heteroatoms. The lowest BCUT2D eigenvalue weighted by molar-refractivity contribution is -0.137. The molecular weight excluding hydrogens is 492 g/mol. The molecule has 3 heterocycles. The number of carbonyl (C=O) groups excluding carboxylic acids is 1. The maximum atomic E-state index is 13.4. The van der Waals surface area contributed by atoms with Gasteiger partial charge in [0.2, 0.25) is 0 Å². The number of unbranched alkanes of at least 4 members (excludes halogenated alkanes) is 1. The topological polar surface area (TPSA) is 123 Å². The van der Waals surface area contributed by atoms with E-state index in [1.54, 1.807) is 30.5 Å². The van der Waals surface area contributed by atoms with Crippen LogP contribution in [0.5, 0.6) is 0 Å². The van der Waals surface area contributed by atoms with Crippen LogP contribution >= 0.6 is 0 Å². The minimum Gasteiger partial charge on any atom is -0.481 e. The van der Waals surface area contributed by atoms with Gasteiger partial charge in [-0.1, -0.05) is 18.2 Å². The Morgan fingerprint density at radius 1 is 1.03 bits per heavy atom. The van der Waals surface area contributed by atoms with Crippen molar-refractivity contribution in [3.8, 4) is 6.07 Å². The second kappa shape index (κ2) is 11.9. The van der Waals surface area contributed by atoms with Gasteiger partial charge in [-0.3, -0.25) is 9.59 Å². The van der Waals surface area contributed by atoms with Crippen molar-refractivity contribution < 1.29 is 14.7 Å². The quantitative estimate of drug-likeness (QED) is 0.432. The van der Waals surface area contributed by atoms with Gasteiger partial charge in [0, 0.05) is 44.4 Å². The van der Waals surface area contributed by atoms with E-state index in [4.69, 9.17) is 15.1 Å². The first-order valence-corrected chi connectivity index (χ1v) is 13.3. The Morgan fingerprint density at radius 3 is 2.62 bits per heavy atom. The Kier molecular flexibility index (Phi) is 7.92. The van der Waals surface area contributed by atoms with E-state index in [-0.39, 0.29) is 12.3 Å². The molecule has 0 unspecified atom stereocenters. The molecule has 0 spiro atoms. The number of hydrogen-bond acceptors (Lipinski definition) is 7. The van der Waals surface area contributed by atoms with Gasteiger partial charge in [0.25, 0.3) is 5.91 Å². The molecule has 0 atom stereocenters. The third-order valence-electron chi connectivity index (χ3n) is 7.08. The molecule has 1 aromatic carbocycles. The van der Waals surface area contributed by atoms with E-state index in [9.17, 15) is 14.9 Å². The van der Waals surface area contributed by atoms with Gasteiger partial charge in [-0.2, -0.15) is 5.26 Å². The van der Waals surface area contributed by atoms with Crippen molar-refractivity contribution in [3.63, 3.8) is 0 Å². The van der Waals surface area contributed by atoms with Crippen LogP contribution in [0.4, 0.5) is 5.82 Å². The molecule has 3 aromatic rings. The summed E-state index contributed by atoms with van der Waals surface area (Å²) in [6.45, 7) is 2.24. The van der Waals surface area contributed by atoms with Gasteiger partial charge in [0.1, 0.15) is 11.9 Å². The smallest absolute Gasteiger partial charge is 0.303 e. The van der Waals surface area contributed by atoms with Crippen molar-refractivity contribution in [1.82, 2.24) is 19.9 Å². The molecule has 2 aliphatic rings. The third kappa shape index (κ3) is 5.96. The number of aryl methyl sites for hydroxylation is 1. The Morgan fingerprint density at radius 2 is 1.87 bits per heavy atom. The first kappa shape index (κ1) is 26.0. The van der Waals surface area contributed by atoms with E-state index < -0.39 is 5.97 Å². The normalized spacial score (nSPS) is 15.2. The van der Waals surface area contributed by atoms with Crippen LogP contribution in [0.2, 0.25) is 0 Å². The number of pyridine rings is 1. The van der Waals surface area contributed by atoms with Gasteiger partial charge in [-0.15, -0.1) is 0 Å². The summed E-state index contributed by atoms with van der Waals surface area (Å²) in [7, 11) is 0. The summed E-state index contributed by atoms with van der Waals surface area (Å²) in [5.74, 6) is -0.208. The highest BCUT2D eigenvalue weighted by molar-refractivity contribution is 5.97. The molecule has 0 saturated carbocycles. The second-order valence-corrected chi connectivity index (χ2v) is 9.73. The number of aliphatic carboxylic acids is 1. The van der Waals surface area contributed by atoms with E-state index in [0.717, 1.165) is 35.3 Å². The number of piperazine rings is 1. The minimum absolute atomic E-state index is 0.0649. The Hall–Kier alpha value is -4.58. The minimum atomic E-state index is -0.799. The van der Waals surface area contributed by atoms with Crippen molar-refractivity contribution >= 4 is 34.3 Å². The fourth-order valence-electron chi connectivity index (χ4n) is 5.03. The largest absolute Gasteiger partial charge is 0.481 e. The molecule has 2 aromatic heterocycles. The zero-order valence-corrected chi connectivity index (χ0v) is 21.7. The Balaban J connectivity index is 1.35. The number of nitrogens with zero attached hydrogens (tertiary/aromatic N) is 6. The van der Waals surface area contributed by atoms with E-state index in [1.807, 2.05) is 15.9 Å². The molecular formula is C30H30N6O3. The molecule has 39 heavy (non-hydrogen) atoms. The van der Waals surface area contributed by atoms with Crippen LogP contribution in [0, 0.1) is 11.3 Å². The second-order valence-electron chi connectivity index (χ2n) is 9.73. The highest BCUT2D eigenvalue weighted by Crippen LogP contribution is 2.27. The standard InChI is InChI=1S/C30H30N6O3/c31-20-23-9-6-14-32-29(23)35-15-17-36(18-16-35)30(39)22-12-13-24-26(19-22)33-25(10-4-5-11-27(37)38)28(34-24)21-7-2-1-3-8-21/h2,6-9,12-14,19H,1,3-5,10-11,15-18H2,(H,37,38). The lowest BCUT2D eigenvalue weighted by Crippen LogP contribution is -2.49. The number of benzene rings is 1. The number of hydrogen-bond donors (Lipinski definition) is 1. The fourth-order valence-corrected chi connectivity index (χ4v) is 5.03. The van der Waals surface area contributed by atoms with Gasteiger partial charge >= 0.3 is 5.97 Å². The number of carboxylic acid groups (broad SMARTS) is 1. The summed E-state index contributed by atoms with van der Waals surface area (Å²) in [6.07, 6.45) is 12.0. The summed E-state index contributed by atoms with van der Waals surface area (Å²) < 4.78 is 0. The summed E-state index contributed by atoms with van der Waals surface area (Å²) in [5.41, 5.74) is 5.16. The van der Waals surface area contributed by atoms with E-state index in [2.05, 4.69) is 29.3 Å². The predicted molar refractivity (Wildman–Crippen MR) is 148 cm³/mol. The number of fused-ring (bicyclic) bond motifs is 1. The van der Waals surface area contributed by atoms with Crippen LogP contribution in [0.25, 0.3) is 16.6 Å². The summed E-state index contributed by atoms with van der Waals surface area (Å²) in [6, 6.07) is 11.2. The molecule has 1 aliphatic heterocycles. The van der Waals surface area contributed by atoms with Crippen LogP contribution in [-0.2, 0) is 11.2 Å². The Labute approximate surface area is 227 Å². The summed E-state index contributed by atoms with van der Waals surface area (Å²) in [4.78, 5) is 42.4. The highest BCUT2D eigenvalue weighted by Gasteiger charge is 2.25. The predicted octanol–water partition coefficient (Wildman–Crippen LogP) is 4.39. The van der Waals surface area contributed by atoms with Crippen LogP contribution in [-0.4, -0.2) is 63.0 Å². The number of carbonyl (C=O) groups is 2. The zero-order valence-electron chi connectivity index (χ0n) is 21.7. The van der Waals surface area contributed by atoms with E-state index in [1.165, 1.54) is 0 Å². The molecule has 1 aliphatic carbocycles. The van der Waals surface area contributed by atoms with Gasteiger partial charge < -0.3 is 14.9 Å². The van der Waals surface area contributed by atoms with Crippen molar-refractivity contribution in [2.24, 2.45) is 0 Å². The van der Waals surface area contributed by atoms with Crippen LogP contribution in [0.15, 0.2) is 54.8 Å². The number of carboxylic acids is 1. The summed E-state index contributed by atoms with van der Waals surface area (Å²) >= 11 is 0. The van der Waals surface area contributed by atoms with E-state index >= 15 is 0 Å². The Bertz CT molecular complexity index is 1500. The van der Waals surface area contributed by atoms with Crippen molar-refractivity contribution in [2.75, 3.05) is 31.1 Å². The molecule has 5 rings (SSSR count). The first-order valence-electron chi connectivity index (χ1n) is 13.3. The average Bonchev–Trinajstić information content (AvgIpc) is 2.98. The van der Waals surface area contributed by atoms with Crippen LogP contribution in [0.1, 0.15) is 59.4 Å². The number of allylic oxidation sites excluding steroid dienone is 4. The number of nitriles is 1. The van der Waals surface area contributed by atoms with Gasteiger partial charge in [0.15, 0.2) is 0 Å². The molecule has 198 valence electrons. The number of anilines is 1. The number of amides is 1. The van der Waals surface area contributed by atoms with Gasteiger partial charge in [-0.25, -0.2) is 15.0 Å². The molecule has 9 nitrogen and oxygen atoms in total. The van der Waals surface area contributed by atoms with Gasteiger partial charge in [-0.05, 0) is 68.0 Å². The first-order chi connectivity index (χ1) is 19.0. The van der Waals surface area contributed by atoms with E-state index in [0.29, 0.717) is 67.9 Å². The SMILES string of the molecule is N#Cc1cccnc1N1CCN(C(=O)c2ccc3nc(C4=CCCC=C4)c(CCCCC(=O)O)nc3c2)CC1. The fraction of sp³-hybridized carbons (Fsp3) is 0.333. The number of rotatable bonds is 8. The highest BCUT2D eigenvalue weighted by atomic mass is 16.4. The van der Waals surface area contributed by atoms with Crippen LogP contribution in [0.3, 0.4) is 0 Å². The number of aromatic nitrogens is 3. The monoisotopic (exact) mass is 522 g/mol. The molecule has 1 fully saturated rings. The lowest BCUT2D eigenvalue weighted by Gasteiger charge is -2.35. The molecule has 0 radical (unpaired) electrons. The molecule has 0 bridgehead atoms.